The summed E-state index contributed by atoms with van der Waals surface area (Å²) in [5.74, 6) is 0.855. The van der Waals surface area contributed by atoms with Gasteiger partial charge in [0.05, 0.1) is 0 Å². The Morgan fingerprint density at radius 1 is 1.15 bits per heavy atom. The molecule has 0 fully saturated rings. The van der Waals surface area contributed by atoms with Gasteiger partial charge in [-0.05, 0) is 0 Å². The Morgan fingerprint density at radius 2 is 1.88 bits per heavy atom. The average Bonchev–Trinajstić information content (AvgIpc) is 3.15. The van der Waals surface area contributed by atoms with E-state index in [4.69, 9.17) is 4.74 Å². The number of benzene rings is 2. The van der Waals surface area contributed by atoms with Crippen LogP contribution in [0.1, 0.15) is 25.0 Å². The third-order valence-electron chi connectivity index (χ3n) is 4.31. The molecule has 0 saturated carbocycles. The second-order valence-electron chi connectivity index (χ2n) is 6.67. The van der Waals surface area contributed by atoms with E-state index >= 15 is 0 Å². The molecule has 0 radical (unpaired) electrons. The van der Waals surface area contributed by atoms with Crippen molar-refractivity contribution >= 4 is 31.4 Å². The van der Waals surface area contributed by atoms with Gasteiger partial charge in [0.1, 0.15) is 0 Å². The van der Waals surface area contributed by atoms with Crippen LogP contribution in [-0.2, 0) is 4.74 Å². The molecule has 3 nitrogen and oxygen atoms in total. The quantitative estimate of drug-likeness (QED) is 0.707. The van der Waals surface area contributed by atoms with E-state index in [0.29, 0.717) is 27.5 Å². The van der Waals surface area contributed by atoms with Crippen molar-refractivity contribution in [2.45, 2.75) is 31.3 Å². The molecule has 1 N–H and O–H groups in total. The molecule has 0 spiro atoms. The summed E-state index contributed by atoms with van der Waals surface area (Å²) in [7, 11) is 0. The SMILES string of the molecule is CC(C)[C@@H](O)[C@@H]1COC(c2ccccc2[Se]C/C=C/c2ccccc2)=N1. The molecule has 0 unspecified atom stereocenters. The van der Waals surface area contributed by atoms with E-state index < -0.39 is 6.10 Å². The fraction of sp³-hybridized carbons (Fsp3) is 0.318. The van der Waals surface area contributed by atoms with Crippen LogP contribution in [0, 0.1) is 5.92 Å². The van der Waals surface area contributed by atoms with E-state index in [-0.39, 0.29) is 12.0 Å². The molecule has 0 aliphatic carbocycles. The third-order valence-corrected chi connectivity index (χ3v) is 6.47. The van der Waals surface area contributed by atoms with E-state index in [9.17, 15) is 5.11 Å². The number of hydrogen-bond donors (Lipinski definition) is 1. The Kier molecular flexibility index (Phi) is 6.67. The Bertz CT molecular complexity index is 771. The Labute approximate surface area is 162 Å². The molecule has 0 bridgehead atoms. The van der Waals surface area contributed by atoms with Gasteiger partial charge in [0.15, 0.2) is 0 Å². The minimum atomic E-state index is -0.459. The Balaban J connectivity index is 1.67. The van der Waals surface area contributed by atoms with Crippen LogP contribution in [0.3, 0.4) is 0 Å². The standard InChI is InChI=1S/C22H25NO2Se/c1-16(2)21(24)19-15-25-22(23-19)18-12-6-7-13-20(18)26-14-8-11-17-9-4-3-5-10-17/h3-13,16,19,21,24H,14-15H2,1-2H3/b11-8+/t19-,21+/m0/s1. The van der Waals surface area contributed by atoms with Crippen LogP contribution in [0.15, 0.2) is 65.7 Å². The normalized spacial score (nSPS) is 18.2. The molecule has 2 atom stereocenters. The average molecular weight is 414 g/mol. The predicted molar refractivity (Wildman–Crippen MR) is 109 cm³/mol. The first-order valence-corrected chi connectivity index (χ1v) is 11.0. The zero-order valence-corrected chi connectivity index (χ0v) is 16.9. The third kappa shape index (κ3) is 4.85. The zero-order chi connectivity index (χ0) is 18.4. The molecule has 3 rings (SSSR count). The van der Waals surface area contributed by atoms with Crippen molar-refractivity contribution in [3.05, 3.63) is 71.8 Å². The number of allylic oxidation sites excluding steroid dienone is 1. The van der Waals surface area contributed by atoms with Gasteiger partial charge in [-0.2, -0.15) is 0 Å². The molecule has 2 aromatic carbocycles. The topological polar surface area (TPSA) is 41.8 Å². The van der Waals surface area contributed by atoms with Gasteiger partial charge in [-0.25, -0.2) is 0 Å². The number of aliphatic hydroxyl groups excluding tert-OH is 1. The van der Waals surface area contributed by atoms with Crippen LogP contribution >= 0.6 is 0 Å². The van der Waals surface area contributed by atoms with Crippen molar-refractivity contribution in [3.63, 3.8) is 0 Å². The van der Waals surface area contributed by atoms with E-state index in [0.717, 1.165) is 10.9 Å². The van der Waals surface area contributed by atoms with E-state index in [1.165, 1.54) is 10.0 Å². The van der Waals surface area contributed by atoms with Crippen LogP contribution < -0.4 is 4.46 Å². The summed E-state index contributed by atoms with van der Waals surface area (Å²) in [5, 5.41) is 11.3. The molecule has 4 heteroatoms. The summed E-state index contributed by atoms with van der Waals surface area (Å²) in [5.41, 5.74) is 2.30. The Hall–Kier alpha value is -1.87. The van der Waals surface area contributed by atoms with Gasteiger partial charge in [-0.15, -0.1) is 0 Å². The van der Waals surface area contributed by atoms with Gasteiger partial charge in [0.2, 0.25) is 0 Å². The number of aliphatic hydroxyl groups is 1. The van der Waals surface area contributed by atoms with E-state index in [1.54, 1.807) is 0 Å². The van der Waals surface area contributed by atoms with Crippen molar-refractivity contribution in [1.29, 1.82) is 0 Å². The van der Waals surface area contributed by atoms with Crippen molar-refractivity contribution in [1.82, 2.24) is 0 Å². The van der Waals surface area contributed by atoms with Crippen LogP contribution in [0.4, 0.5) is 0 Å². The van der Waals surface area contributed by atoms with Crippen molar-refractivity contribution in [2.75, 3.05) is 6.61 Å². The van der Waals surface area contributed by atoms with Crippen LogP contribution in [0.5, 0.6) is 0 Å². The van der Waals surface area contributed by atoms with Gasteiger partial charge in [0, 0.05) is 0 Å². The van der Waals surface area contributed by atoms with Gasteiger partial charge >= 0.3 is 162 Å². The molecule has 1 aliphatic heterocycles. The first-order chi connectivity index (χ1) is 12.6. The molecule has 26 heavy (non-hydrogen) atoms. The maximum absolute atomic E-state index is 10.2. The van der Waals surface area contributed by atoms with Gasteiger partial charge in [-0.3, -0.25) is 0 Å². The summed E-state index contributed by atoms with van der Waals surface area (Å²) >= 11 is 0.308. The number of ether oxygens (including phenoxy) is 1. The van der Waals surface area contributed by atoms with Gasteiger partial charge < -0.3 is 0 Å². The zero-order valence-electron chi connectivity index (χ0n) is 15.2. The molecule has 2 aromatic rings. The second kappa shape index (κ2) is 9.18. The maximum atomic E-state index is 10.2. The summed E-state index contributed by atoms with van der Waals surface area (Å²) in [6, 6.07) is 18.5. The molecular weight excluding hydrogens is 389 g/mol. The van der Waals surface area contributed by atoms with Gasteiger partial charge in [0.25, 0.3) is 0 Å². The van der Waals surface area contributed by atoms with Crippen LogP contribution in [0.25, 0.3) is 6.08 Å². The van der Waals surface area contributed by atoms with Crippen LogP contribution in [-0.4, -0.2) is 44.7 Å². The van der Waals surface area contributed by atoms with E-state index in [1.807, 2.05) is 26.0 Å². The summed E-state index contributed by atoms with van der Waals surface area (Å²) in [6.45, 7) is 4.48. The van der Waals surface area contributed by atoms with Gasteiger partial charge in [-0.1, -0.05) is 0 Å². The van der Waals surface area contributed by atoms with Crippen LogP contribution in [0.2, 0.25) is 5.32 Å². The van der Waals surface area contributed by atoms with Crippen molar-refractivity contribution in [2.24, 2.45) is 10.9 Å². The molecule has 136 valence electrons. The number of nitrogens with zero attached hydrogens (tertiary/aromatic N) is 1. The molecule has 0 saturated heterocycles. The Morgan fingerprint density at radius 3 is 2.65 bits per heavy atom. The monoisotopic (exact) mass is 415 g/mol. The fourth-order valence-electron chi connectivity index (χ4n) is 2.81. The number of rotatable bonds is 7. The first kappa shape index (κ1) is 18.9. The molecule has 1 heterocycles. The summed E-state index contributed by atoms with van der Waals surface area (Å²) < 4.78 is 7.11. The molecule has 1 aliphatic rings. The second-order valence-corrected chi connectivity index (χ2v) is 8.90. The first-order valence-electron chi connectivity index (χ1n) is 8.97. The van der Waals surface area contributed by atoms with Crippen molar-refractivity contribution in [3.8, 4) is 0 Å². The predicted octanol–water partition coefficient (Wildman–Crippen LogP) is 3.31. The summed E-state index contributed by atoms with van der Waals surface area (Å²) in [6.07, 6.45) is 3.94. The molecule has 0 amide bonds. The molecule has 0 aromatic heterocycles. The van der Waals surface area contributed by atoms with Crippen molar-refractivity contribution < 1.29 is 9.84 Å². The number of hydrogen-bond acceptors (Lipinski definition) is 3. The minimum absolute atomic E-state index is 0.163. The number of aliphatic imine (C=N–C) groups is 1. The van der Waals surface area contributed by atoms with E-state index in [2.05, 4.69) is 59.6 Å². The molecular formula is C22H25NO2Se. The summed E-state index contributed by atoms with van der Waals surface area (Å²) in [4.78, 5) is 4.65. The fourth-order valence-corrected chi connectivity index (χ4v) is 4.61.